The number of benzene rings is 1. The molecule has 1 heterocycles. The monoisotopic (exact) mass is 251 g/mol. The molecule has 0 saturated carbocycles. The molecule has 0 aliphatic rings. The highest BCUT2D eigenvalue weighted by Crippen LogP contribution is 2.28. The number of nitrogens with two attached hydrogens (primary N) is 1. The van der Waals surface area contributed by atoms with Crippen LogP contribution in [0.2, 0.25) is 5.02 Å². The lowest BCUT2D eigenvalue weighted by Crippen LogP contribution is -2.25. The summed E-state index contributed by atoms with van der Waals surface area (Å²) in [6, 6.07) is 5.90. The molecule has 2 atom stereocenters. The molecule has 4 heteroatoms. The van der Waals surface area contributed by atoms with Crippen LogP contribution in [0.25, 0.3) is 11.0 Å². The van der Waals surface area contributed by atoms with E-state index in [0.717, 1.165) is 28.4 Å². The summed E-state index contributed by atoms with van der Waals surface area (Å²) in [4.78, 5) is 4.66. The van der Waals surface area contributed by atoms with E-state index >= 15 is 0 Å². The summed E-state index contributed by atoms with van der Waals surface area (Å²) < 4.78 is 2.16. The maximum atomic E-state index is 6.25. The molecule has 1 aromatic heterocycles. The Labute approximate surface area is 107 Å². The van der Waals surface area contributed by atoms with Crippen LogP contribution in [0, 0.1) is 0 Å². The molecule has 0 spiro atoms. The molecule has 2 aromatic rings. The van der Waals surface area contributed by atoms with Crippen LogP contribution in [0.4, 0.5) is 0 Å². The van der Waals surface area contributed by atoms with Crippen LogP contribution in [0.1, 0.15) is 32.5 Å². The minimum absolute atomic E-state index is 0.0795. The number of nitrogens with zero attached hydrogens (tertiary/aromatic N) is 2. The van der Waals surface area contributed by atoms with Crippen molar-refractivity contribution in [1.29, 1.82) is 0 Å². The first-order valence-corrected chi connectivity index (χ1v) is 6.34. The van der Waals surface area contributed by atoms with Gasteiger partial charge in [-0.2, -0.15) is 0 Å². The van der Waals surface area contributed by atoms with Gasteiger partial charge in [0, 0.05) is 18.5 Å². The van der Waals surface area contributed by atoms with Crippen molar-refractivity contribution >= 4 is 22.6 Å². The Morgan fingerprint density at radius 3 is 2.71 bits per heavy atom. The Morgan fingerprint density at radius 1 is 1.41 bits per heavy atom. The Balaban J connectivity index is 2.69. The van der Waals surface area contributed by atoms with Crippen molar-refractivity contribution in [3.63, 3.8) is 0 Å². The van der Waals surface area contributed by atoms with E-state index in [0.29, 0.717) is 0 Å². The lowest BCUT2D eigenvalue weighted by atomic mass is 10.0. The topological polar surface area (TPSA) is 43.8 Å². The maximum absolute atomic E-state index is 6.25. The molecule has 2 N–H and O–H groups in total. The highest BCUT2D eigenvalue weighted by atomic mass is 35.5. The summed E-state index contributed by atoms with van der Waals surface area (Å²) in [5, 5.41) is 0.750. The van der Waals surface area contributed by atoms with E-state index in [2.05, 4.69) is 23.4 Å². The second-order valence-electron chi connectivity index (χ2n) is 4.47. The number of aryl methyl sites for hydroxylation is 1. The van der Waals surface area contributed by atoms with Crippen LogP contribution in [0.5, 0.6) is 0 Å². The molecule has 0 radical (unpaired) electrons. The fourth-order valence-corrected chi connectivity index (χ4v) is 2.33. The van der Waals surface area contributed by atoms with Crippen LogP contribution in [0.3, 0.4) is 0 Å². The fourth-order valence-electron chi connectivity index (χ4n) is 2.06. The predicted octanol–water partition coefficient (Wildman–Crippen LogP) is 3.16. The van der Waals surface area contributed by atoms with Crippen molar-refractivity contribution in [3.8, 4) is 0 Å². The first kappa shape index (κ1) is 12.4. The van der Waals surface area contributed by atoms with E-state index in [1.54, 1.807) is 0 Å². The third-order valence-corrected chi connectivity index (χ3v) is 3.56. The van der Waals surface area contributed by atoms with Gasteiger partial charge in [0.05, 0.1) is 16.1 Å². The van der Waals surface area contributed by atoms with Crippen molar-refractivity contribution in [2.24, 2.45) is 5.73 Å². The van der Waals surface area contributed by atoms with Gasteiger partial charge in [-0.3, -0.25) is 0 Å². The highest BCUT2D eigenvalue weighted by Gasteiger charge is 2.19. The fraction of sp³-hybridized carbons (Fsp3) is 0.462. The average Bonchev–Trinajstić information content (AvgIpc) is 2.67. The molecule has 1 aromatic carbocycles. The Morgan fingerprint density at radius 2 is 2.12 bits per heavy atom. The zero-order valence-electron chi connectivity index (χ0n) is 10.4. The molecule has 0 aliphatic carbocycles. The molecule has 0 aliphatic heterocycles. The number of imidazole rings is 1. The van der Waals surface area contributed by atoms with Gasteiger partial charge in [0.2, 0.25) is 0 Å². The van der Waals surface area contributed by atoms with Crippen LogP contribution in [-0.2, 0) is 6.54 Å². The average molecular weight is 252 g/mol. The maximum Gasteiger partial charge on any atom is 0.114 e. The number of hydrogen-bond acceptors (Lipinski definition) is 2. The molecule has 92 valence electrons. The SMILES string of the molecule is CCn1c(C(C)C(C)N)nc2cccc(Cl)c21. The van der Waals surface area contributed by atoms with E-state index in [1.807, 2.05) is 25.1 Å². The lowest BCUT2D eigenvalue weighted by molar-refractivity contribution is 0.551. The number of halogens is 1. The zero-order valence-corrected chi connectivity index (χ0v) is 11.2. The molecular weight excluding hydrogens is 234 g/mol. The number of para-hydroxylation sites is 1. The number of aromatic nitrogens is 2. The molecule has 0 bridgehead atoms. The van der Waals surface area contributed by atoms with E-state index in [4.69, 9.17) is 17.3 Å². The largest absolute Gasteiger partial charge is 0.327 e. The minimum atomic E-state index is 0.0795. The molecule has 0 amide bonds. The van der Waals surface area contributed by atoms with Crippen molar-refractivity contribution in [3.05, 3.63) is 29.0 Å². The smallest absolute Gasteiger partial charge is 0.114 e. The summed E-state index contributed by atoms with van der Waals surface area (Å²) in [6.45, 7) is 7.06. The van der Waals surface area contributed by atoms with Gasteiger partial charge in [-0.05, 0) is 26.0 Å². The van der Waals surface area contributed by atoms with Crippen LogP contribution in [-0.4, -0.2) is 15.6 Å². The lowest BCUT2D eigenvalue weighted by Gasteiger charge is -2.16. The van der Waals surface area contributed by atoms with Crippen LogP contribution in [0.15, 0.2) is 18.2 Å². The quantitative estimate of drug-likeness (QED) is 0.911. The van der Waals surface area contributed by atoms with Gasteiger partial charge in [0.1, 0.15) is 5.82 Å². The Bertz CT molecular complexity index is 531. The number of fused-ring (bicyclic) bond motifs is 1. The Kier molecular flexibility index (Phi) is 3.40. The van der Waals surface area contributed by atoms with E-state index in [1.165, 1.54) is 0 Å². The van der Waals surface area contributed by atoms with Gasteiger partial charge in [0.15, 0.2) is 0 Å². The van der Waals surface area contributed by atoms with E-state index < -0.39 is 0 Å². The number of hydrogen-bond donors (Lipinski definition) is 1. The van der Waals surface area contributed by atoms with Crippen molar-refractivity contribution < 1.29 is 0 Å². The van der Waals surface area contributed by atoms with Crippen molar-refractivity contribution in [1.82, 2.24) is 9.55 Å². The molecule has 2 unspecified atom stereocenters. The third kappa shape index (κ3) is 2.05. The zero-order chi connectivity index (χ0) is 12.6. The molecule has 3 nitrogen and oxygen atoms in total. The molecule has 2 rings (SSSR count). The van der Waals surface area contributed by atoms with E-state index in [9.17, 15) is 0 Å². The minimum Gasteiger partial charge on any atom is -0.327 e. The first-order valence-electron chi connectivity index (χ1n) is 5.96. The van der Waals surface area contributed by atoms with Gasteiger partial charge >= 0.3 is 0 Å². The summed E-state index contributed by atoms with van der Waals surface area (Å²) in [6.07, 6.45) is 0. The second kappa shape index (κ2) is 4.67. The van der Waals surface area contributed by atoms with Crippen LogP contribution >= 0.6 is 11.6 Å². The Hall–Kier alpha value is -1.06. The van der Waals surface area contributed by atoms with Gasteiger partial charge < -0.3 is 10.3 Å². The summed E-state index contributed by atoms with van der Waals surface area (Å²) in [5.41, 5.74) is 7.92. The number of rotatable bonds is 3. The molecular formula is C13H18ClN3. The van der Waals surface area contributed by atoms with Gasteiger partial charge in [0.25, 0.3) is 0 Å². The molecule has 17 heavy (non-hydrogen) atoms. The van der Waals surface area contributed by atoms with Crippen molar-refractivity contribution in [2.75, 3.05) is 0 Å². The third-order valence-electron chi connectivity index (χ3n) is 3.26. The predicted molar refractivity (Wildman–Crippen MR) is 72.5 cm³/mol. The standard InChI is InChI=1S/C13H18ClN3/c1-4-17-12-10(14)6-5-7-11(12)16-13(17)8(2)9(3)15/h5-9H,4,15H2,1-3H3. The summed E-state index contributed by atoms with van der Waals surface area (Å²) in [5.74, 6) is 1.24. The molecule has 0 fully saturated rings. The summed E-state index contributed by atoms with van der Waals surface area (Å²) >= 11 is 6.25. The normalized spacial score (nSPS) is 15.1. The molecule has 0 saturated heterocycles. The van der Waals surface area contributed by atoms with Crippen LogP contribution < -0.4 is 5.73 Å². The van der Waals surface area contributed by atoms with Gasteiger partial charge in [-0.1, -0.05) is 24.6 Å². The van der Waals surface area contributed by atoms with Gasteiger partial charge in [-0.15, -0.1) is 0 Å². The van der Waals surface area contributed by atoms with E-state index in [-0.39, 0.29) is 12.0 Å². The second-order valence-corrected chi connectivity index (χ2v) is 4.88. The highest BCUT2D eigenvalue weighted by molar-refractivity contribution is 6.35. The van der Waals surface area contributed by atoms with Crippen molar-refractivity contribution in [2.45, 2.75) is 39.3 Å². The first-order chi connectivity index (χ1) is 8.06. The summed E-state index contributed by atoms with van der Waals surface area (Å²) in [7, 11) is 0. The van der Waals surface area contributed by atoms with Gasteiger partial charge in [-0.25, -0.2) is 4.98 Å².